The molecule has 108 valence electrons. The number of hydrogen-bond acceptors (Lipinski definition) is 3. The number of aromatic nitrogens is 6. The SMILES string of the molecule is [Au+].[Au+].[Au+].c1cn[n-]c1.c1cn[n-]c1.c1cn[n-]c1. The van der Waals surface area contributed by atoms with E-state index in [0.29, 0.717) is 0 Å². The fourth-order valence-electron chi connectivity index (χ4n) is 0.577. The fraction of sp³-hybridized carbons (Fsp3) is 0. The van der Waals surface area contributed by atoms with Crippen LogP contribution in [0.2, 0.25) is 0 Å². The molecule has 6 nitrogen and oxygen atoms in total. The third-order valence-electron chi connectivity index (χ3n) is 1.12. The first-order valence-corrected chi connectivity index (χ1v) is 4.15. The smallest absolute Gasteiger partial charge is 0.582 e. The maximum absolute atomic E-state index is 3.47. The van der Waals surface area contributed by atoms with Gasteiger partial charge in [0.05, 0.1) is 0 Å². The van der Waals surface area contributed by atoms with E-state index in [1.54, 1.807) is 55.4 Å². The molecule has 0 amide bonds. The van der Waals surface area contributed by atoms with Crippen LogP contribution in [-0.2, 0) is 67.1 Å². The number of hydrogen-bond donors (Lipinski definition) is 0. The predicted molar refractivity (Wildman–Crippen MR) is 52.7 cm³/mol. The molecule has 3 aromatic heterocycles. The Morgan fingerprint density at radius 1 is 0.500 bits per heavy atom. The van der Waals surface area contributed by atoms with Crippen LogP contribution in [-0.4, -0.2) is 15.3 Å². The van der Waals surface area contributed by atoms with Crippen molar-refractivity contribution < 1.29 is 67.1 Å². The van der Waals surface area contributed by atoms with E-state index in [0.717, 1.165) is 0 Å². The molecule has 3 rings (SSSR count). The van der Waals surface area contributed by atoms with Gasteiger partial charge < -0.3 is 30.6 Å². The molecule has 3 heterocycles. The van der Waals surface area contributed by atoms with Crippen LogP contribution in [0.5, 0.6) is 0 Å². The van der Waals surface area contributed by atoms with Crippen LogP contribution in [0.1, 0.15) is 0 Å². The Labute approximate surface area is 152 Å². The number of rotatable bonds is 0. The summed E-state index contributed by atoms with van der Waals surface area (Å²) in [4.78, 5) is 0. The average molecular weight is 792 g/mol. The Morgan fingerprint density at radius 2 is 0.778 bits per heavy atom. The van der Waals surface area contributed by atoms with E-state index >= 15 is 0 Å². The van der Waals surface area contributed by atoms with E-state index in [9.17, 15) is 0 Å². The third-order valence-corrected chi connectivity index (χ3v) is 1.12. The van der Waals surface area contributed by atoms with E-state index in [2.05, 4.69) is 30.6 Å². The molecule has 18 heavy (non-hydrogen) atoms. The van der Waals surface area contributed by atoms with Gasteiger partial charge in [0, 0.05) is 18.6 Å². The van der Waals surface area contributed by atoms with Crippen LogP contribution in [0.4, 0.5) is 0 Å². The molecule has 0 unspecified atom stereocenters. The van der Waals surface area contributed by atoms with Crippen molar-refractivity contribution in [1.82, 2.24) is 30.6 Å². The van der Waals surface area contributed by atoms with E-state index in [1.165, 1.54) is 0 Å². The maximum Gasteiger partial charge on any atom is 1.00 e. The minimum Gasteiger partial charge on any atom is -0.582 e. The Hall–Kier alpha value is -0.149. The third kappa shape index (κ3) is 15.9. The van der Waals surface area contributed by atoms with Crippen LogP contribution in [0.3, 0.4) is 0 Å². The van der Waals surface area contributed by atoms with E-state index < -0.39 is 0 Å². The molecule has 0 saturated heterocycles. The summed E-state index contributed by atoms with van der Waals surface area (Å²) >= 11 is 0. The summed E-state index contributed by atoms with van der Waals surface area (Å²) in [5, 5.41) is 20.8. The van der Waals surface area contributed by atoms with Gasteiger partial charge in [0.15, 0.2) is 0 Å². The largest absolute Gasteiger partial charge is 1.00 e. The summed E-state index contributed by atoms with van der Waals surface area (Å²) in [5.41, 5.74) is 0. The average Bonchev–Trinajstić information content (AvgIpc) is 3.09. The van der Waals surface area contributed by atoms with Crippen molar-refractivity contribution in [1.29, 1.82) is 0 Å². The van der Waals surface area contributed by atoms with Crippen LogP contribution in [0.25, 0.3) is 0 Å². The van der Waals surface area contributed by atoms with Gasteiger partial charge in [-0.15, -0.1) is 0 Å². The molecule has 0 saturated carbocycles. The van der Waals surface area contributed by atoms with Crippen molar-refractivity contribution in [3.63, 3.8) is 0 Å². The summed E-state index contributed by atoms with van der Waals surface area (Å²) in [6, 6.07) is 5.33. The molecule has 0 aromatic carbocycles. The van der Waals surface area contributed by atoms with Crippen molar-refractivity contribution in [2.24, 2.45) is 0 Å². The molecule has 0 N–H and O–H groups in total. The van der Waals surface area contributed by atoms with Crippen molar-refractivity contribution in [2.45, 2.75) is 0 Å². The molecule has 0 aliphatic rings. The van der Waals surface area contributed by atoms with Crippen LogP contribution in [0, 0.1) is 0 Å². The molecule has 0 fully saturated rings. The standard InChI is InChI=1S/3C3H3N2.3Au/c3*1-2-4-5-3-1;;;/h3*1-3H;;;/q3*-1;3*+1. The fourth-order valence-corrected chi connectivity index (χ4v) is 0.577. The van der Waals surface area contributed by atoms with Crippen molar-refractivity contribution in [2.75, 3.05) is 0 Å². The van der Waals surface area contributed by atoms with Gasteiger partial charge in [-0.1, -0.05) is 18.2 Å². The topological polar surface area (TPSA) is 81.0 Å². The normalized spacial score (nSPS) is 6.67. The predicted octanol–water partition coefficient (Wildman–Crippen LogP) is 0.109. The van der Waals surface area contributed by atoms with Gasteiger partial charge in [-0.3, -0.25) is 0 Å². The van der Waals surface area contributed by atoms with Crippen molar-refractivity contribution in [3.05, 3.63) is 55.4 Å². The van der Waals surface area contributed by atoms with E-state index in [-0.39, 0.29) is 67.1 Å². The molecular weight excluding hydrogens is 783 g/mol. The first kappa shape index (κ1) is 23.0. The monoisotopic (exact) mass is 792 g/mol. The summed E-state index contributed by atoms with van der Waals surface area (Å²) < 4.78 is 0. The summed E-state index contributed by atoms with van der Waals surface area (Å²) in [6.07, 6.45) is 9.83. The molecule has 0 atom stereocenters. The molecule has 0 aliphatic heterocycles. The second-order valence-corrected chi connectivity index (χ2v) is 2.16. The minimum absolute atomic E-state index is 0. The molecular formula is C9H9Au3N6. The maximum atomic E-state index is 3.47. The first-order valence-electron chi connectivity index (χ1n) is 4.15. The molecule has 0 aliphatic carbocycles. The van der Waals surface area contributed by atoms with Crippen molar-refractivity contribution >= 4 is 0 Å². The molecule has 0 spiro atoms. The molecule has 0 bridgehead atoms. The Balaban J connectivity index is -0.000000173. The summed E-state index contributed by atoms with van der Waals surface area (Å²) in [5.74, 6) is 0. The Bertz CT molecular complexity index is 258. The van der Waals surface area contributed by atoms with Gasteiger partial charge in [-0.05, 0) is 0 Å². The molecule has 9 heteroatoms. The van der Waals surface area contributed by atoms with Crippen molar-refractivity contribution in [3.8, 4) is 0 Å². The molecule has 3 aromatic rings. The summed E-state index contributed by atoms with van der Waals surface area (Å²) in [6.45, 7) is 0. The number of nitrogens with zero attached hydrogens (tertiary/aromatic N) is 6. The van der Waals surface area contributed by atoms with E-state index in [4.69, 9.17) is 0 Å². The molecule has 0 radical (unpaired) electrons. The second-order valence-electron chi connectivity index (χ2n) is 2.16. The van der Waals surface area contributed by atoms with Gasteiger partial charge in [-0.2, -0.15) is 18.6 Å². The Kier molecular flexibility index (Phi) is 24.5. The van der Waals surface area contributed by atoms with Gasteiger partial charge in [0.1, 0.15) is 0 Å². The Morgan fingerprint density at radius 3 is 0.833 bits per heavy atom. The second kappa shape index (κ2) is 19.2. The van der Waals surface area contributed by atoms with Gasteiger partial charge in [-0.25, -0.2) is 0 Å². The van der Waals surface area contributed by atoms with Crippen LogP contribution < -0.4 is 15.3 Å². The van der Waals surface area contributed by atoms with Crippen LogP contribution >= 0.6 is 0 Å². The quantitative estimate of drug-likeness (QED) is 0.301. The van der Waals surface area contributed by atoms with Gasteiger partial charge in [0.2, 0.25) is 0 Å². The first-order chi connectivity index (χ1) is 7.50. The van der Waals surface area contributed by atoms with Gasteiger partial charge >= 0.3 is 67.1 Å². The minimum atomic E-state index is 0. The zero-order chi connectivity index (χ0) is 10.6. The van der Waals surface area contributed by atoms with E-state index in [1.807, 2.05) is 0 Å². The van der Waals surface area contributed by atoms with Gasteiger partial charge in [0.25, 0.3) is 0 Å². The summed E-state index contributed by atoms with van der Waals surface area (Å²) in [7, 11) is 0. The zero-order valence-electron chi connectivity index (χ0n) is 8.78. The zero-order valence-corrected chi connectivity index (χ0v) is 15.3. The van der Waals surface area contributed by atoms with Crippen LogP contribution in [0.15, 0.2) is 55.4 Å².